The first-order chi connectivity index (χ1) is 12.6. The molecule has 1 aliphatic rings. The average molecular weight is 369 g/mol. The zero-order valence-corrected chi connectivity index (χ0v) is 14.7. The molecule has 6 nitrogen and oxygen atoms in total. The van der Waals surface area contributed by atoms with Gasteiger partial charge in [0, 0.05) is 29.9 Å². The summed E-state index contributed by atoms with van der Waals surface area (Å²) in [4.78, 5) is 26.5. The number of hydrogen-bond acceptors (Lipinski definition) is 3. The summed E-state index contributed by atoms with van der Waals surface area (Å²) < 4.78 is 0. The molecular weight excluding hydrogens is 352 g/mol. The van der Waals surface area contributed by atoms with Gasteiger partial charge in [0.05, 0.1) is 11.4 Å². The van der Waals surface area contributed by atoms with Crippen LogP contribution in [0.2, 0.25) is 5.02 Å². The predicted molar refractivity (Wildman–Crippen MR) is 99.9 cm³/mol. The number of para-hydroxylation sites is 1. The Kier molecular flexibility index (Phi) is 4.34. The van der Waals surface area contributed by atoms with Crippen molar-refractivity contribution in [2.75, 3.05) is 11.4 Å². The van der Waals surface area contributed by atoms with Gasteiger partial charge in [0.25, 0.3) is 0 Å². The van der Waals surface area contributed by atoms with Gasteiger partial charge < -0.3 is 5.32 Å². The van der Waals surface area contributed by atoms with Crippen molar-refractivity contribution in [3.05, 3.63) is 59.1 Å². The average Bonchev–Trinajstić information content (AvgIpc) is 3.23. The Morgan fingerprint density at radius 1 is 1.27 bits per heavy atom. The topological polar surface area (TPSA) is 78.1 Å². The standard InChI is InChI=1S/C19H17ClN4O2/c20-14-5-3-4-12(8-14)10-21-19(26)13-9-17(25)24(11-13)18-15-6-1-2-7-16(15)22-23-18/h1-8,13H,9-11H2,(H,21,26)(H,22,23)/t13-/m0/s1. The van der Waals surface area contributed by atoms with Crippen LogP contribution in [0.5, 0.6) is 0 Å². The molecule has 7 heteroatoms. The molecule has 0 radical (unpaired) electrons. The number of carbonyl (C=O) groups is 2. The van der Waals surface area contributed by atoms with E-state index in [9.17, 15) is 9.59 Å². The second-order valence-electron chi connectivity index (χ2n) is 6.35. The van der Waals surface area contributed by atoms with Gasteiger partial charge in [-0.15, -0.1) is 0 Å². The maximum atomic E-state index is 12.5. The van der Waals surface area contributed by atoms with Crippen molar-refractivity contribution in [1.29, 1.82) is 0 Å². The number of H-pyrrole nitrogens is 1. The Morgan fingerprint density at radius 3 is 2.96 bits per heavy atom. The van der Waals surface area contributed by atoms with E-state index in [0.717, 1.165) is 16.5 Å². The van der Waals surface area contributed by atoms with Crippen molar-refractivity contribution in [3.63, 3.8) is 0 Å². The first kappa shape index (κ1) is 16.6. The summed E-state index contributed by atoms with van der Waals surface area (Å²) in [5, 5.41) is 11.6. The van der Waals surface area contributed by atoms with E-state index in [1.54, 1.807) is 11.0 Å². The SMILES string of the molecule is O=C(NCc1cccc(Cl)c1)[C@H]1CC(=O)N(c2n[nH]c3ccccc23)C1. The second kappa shape index (κ2) is 6.80. The van der Waals surface area contributed by atoms with E-state index >= 15 is 0 Å². The van der Waals surface area contributed by atoms with E-state index in [1.807, 2.05) is 42.5 Å². The second-order valence-corrected chi connectivity index (χ2v) is 6.78. The largest absolute Gasteiger partial charge is 0.352 e. The van der Waals surface area contributed by atoms with Gasteiger partial charge in [-0.05, 0) is 29.8 Å². The number of carbonyl (C=O) groups excluding carboxylic acids is 2. The molecule has 132 valence electrons. The molecule has 3 aromatic rings. The van der Waals surface area contributed by atoms with Crippen LogP contribution in [0.1, 0.15) is 12.0 Å². The lowest BCUT2D eigenvalue weighted by molar-refractivity contribution is -0.126. The molecule has 1 atom stereocenters. The van der Waals surface area contributed by atoms with E-state index in [0.29, 0.717) is 23.9 Å². The lowest BCUT2D eigenvalue weighted by Gasteiger charge is -2.14. The number of aromatic amines is 1. The molecule has 0 bridgehead atoms. The minimum absolute atomic E-state index is 0.0924. The van der Waals surface area contributed by atoms with Crippen molar-refractivity contribution in [2.45, 2.75) is 13.0 Å². The fourth-order valence-electron chi connectivity index (χ4n) is 3.22. The van der Waals surface area contributed by atoms with Crippen molar-refractivity contribution in [2.24, 2.45) is 5.92 Å². The zero-order chi connectivity index (χ0) is 18.1. The summed E-state index contributed by atoms with van der Waals surface area (Å²) in [5.74, 6) is -0.0429. The van der Waals surface area contributed by atoms with E-state index < -0.39 is 5.92 Å². The van der Waals surface area contributed by atoms with Crippen LogP contribution in [-0.4, -0.2) is 28.6 Å². The van der Waals surface area contributed by atoms with Crippen molar-refractivity contribution in [3.8, 4) is 0 Å². The molecule has 2 amide bonds. The first-order valence-electron chi connectivity index (χ1n) is 8.37. The molecule has 26 heavy (non-hydrogen) atoms. The molecule has 2 heterocycles. The Bertz CT molecular complexity index is 984. The lowest BCUT2D eigenvalue weighted by atomic mass is 10.1. The summed E-state index contributed by atoms with van der Waals surface area (Å²) in [6.45, 7) is 0.713. The van der Waals surface area contributed by atoms with Crippen LogP contribution in [0.25, 0.3) is 10.9 Å². The number of anilines is 1. The third kappa shape index (κ3) is 3.15. The number of hydrogen-bond donors (Lipinski definition) is 2. The van der Waals surface area contributed by atoms with E-state index in [4.69, 9.17) is 11.6 Å². The van der Waals surface area contributed by atoms with Crippen LogP contribution in [0.4, 0.5) is 5.82 Å². The third-order valence-corrected chi connectivity index (χ3v) is 4.79. The smallest absolute Gasteiger partial charge is 0.229 e. The molecule has 1 saturated heterocycles. The molecule has 0 unspecified atom stereocenters. The van der Waals surface area contributed by atoms with Crippen molar-refractivity contribution < 1.29 is 9.59 Å². The monoisotopic (exact) mass is 368 g/mol. The molecule has 2 N–H and O–H groups in total. The first-order valence-corrected chi connectivity index (χ1v) is 8.75. The Hall–Kier alpha value is -2.86. The highest BCUT2D eigenvalue weighted by Gasteiger charge is 2.36. The highest BCUT2D eigenvalue weighted by Crippen LogP contribution is 2.29. The van der Waals surface area contributed by atoms with Crippen LogP contribution in [0, 0.1) is 5.92 Å². The molecule has 0 aliphatic carbocycles. The van der Waals surface area contributed by atoms with Gasteiger partial charge in [-0.1, -0.05) is 35.9 Å². The van der Waals surface area contributed by atoms with Gasteiger partial charge >= 0.3 is 0 Å². The fraction of sp³-hybridized carbons (Fsp3) is 0.211. The quantitative estimate of drug-likeness (QED) is 0.743. The predicted octanol–water partition coefficient (Wildman–Crippen LogP) is 2.89. The molecule has 4 rings (SSSR count). The van der Waals surface area contributed by atoms with Gasteiger partial charge in [0.1, 0.15) is 0 Å². The summed E-state index contributed by atoms with van der Waals surface area (Å²) >= 11 is 5.96. The molecule has 0 spiro atoms. The maximum absolute atomic E-state index is 12.5. The number of fused-ring (bicyclic) bond motifs is 1. The Balaban J connectivity index is 1.45. The highest BCUT2D eigenvalue weighted by molar-refractivity contribution is 6.30. The molecule has 0 saturated carbocycles. The van der Waals surface area contributed by atoms with Gasteiger partial charge in [-0.3, -0.25) is 19.6 Å². The number of amides is 2. The van der Waals surface area contributed by atoms with Crippen LogP contribution in [0.15, 0.2) is 48.5 Å². The third-order valence-electron chi connectivity index (χ3n) is 4.56. The summed E-state index contributed by atoms with van der Waals surface area (Å²) in [7, 11) is 0. The number of aromatic nitrogens is 2. The van der Waals surface area contributed by atoms with Gasteiger partial charge in [0.2, 0.25) is 11.8 Å². The Labute approximate surface area is 155 Å². The summed E-state index contributed by atoms with van der Waals surface area (Å²) in [5.41, 5.74) is 1.79. The fourth-order valence-corrected chi connectivity index (χ4v) is 3.44. The van der Waals surface area contributed by atoms with Gasteiger partial charge in [-0.25, -0.2) is 0 Å². The van der Waals surface area contributed by atoms with Gasteiger partial charge in [0.15, 0.2) is 5.82 Å². The number of nitrogens with zero attached hydrogens (tertiary/aromatic N) is 2. The highest BCUT2D eigenvalue weighted by atomic mass is 35.5. The number of benzene rings is 2. The minimum Gasteiger partial charge on any atom is -0.352 e. The van der Waals surface area contributed by atoms with Crippen LogP contribution >= 0.6 is 11.6 Å². The Morgan fingerprint density at radius 2 is 2.12 bits per heavy atom. The number of rotatable bonds is 4. The molecule has 1 aliphatic heterocycles. The van der Waals surface area contributed by atoms with E-state index in [-0.39, 0.29) is 18.2 Å². The normalized spacial score (nSPS) is 17.0. The molecule has 1 aromatic heterocycles. The lowest BCUT2D eigenvalue weighted by Crippen LogP contribution is -2.32. The van der Waals surface area contributed by atoms with Crippen LogP contribution in [-0.2, 0) is 16.1 Å². The summed E-state index contributed by atoms with van der Waals surface area (Å²) in [6, 6.07) is 15.0. The van der Waals surface area contributed by atoms with Crippen molar-refractivity contribution >= 4 is 40.1 Å². The molecule has 2 aromatic carbocycles. The zero-order valence-electron chi connectivity index (χ0n) is 13.9. The minimum atomic E-state index is -0.392. The van der Waals surface area contributed by atoms with Crippen LogP contribution < -0.4 is 10.2 Å². The molecular formula is C19H17ClN4O2. The van der Waals surface area contributed by atoms with E-state index in [2.05, 4.69) is 15.5 Å². The van der Waals surface area contributed by atoms with Crippen LogP contribution in [0.3, 0.4) is 0 Å². The van der Waals surface area contributed by atoms with Crippen molar-refractivity contribution in [1.82, 2.24) is 15.5 Å². The molecule has 1 fully saturated rings. The number of halogens is 1. The van der Waals surface area contributed by atoms with E-state index in [1.165, 1.54) is 0 Å². The van der Waals surface area contributed by atoms with Gasteiger partial charge in [-0.2, -0.15) is 5.10 Å². The summed E-state index contributed by atoms with van der Waals surface area (Å²) in [6.07, 6.45) is 0.183. The maximum Gasteiger partial charge on any atom is 0.229 e. The number of nitrogens with one attached hydrogen (secondary N) is 2.